The minimum Gasteiger partial charge on any atom is -0.298 e. The number of carbonyl (C=O) groups is 1. The highest BCUT2D eigenvalue weighted by Gasteiger charge is 2.30. The molecule has 0 unspecified atom stereocenters. The van der Waals surface area contributed by atoms with Crippen LogP contribution in [0, 0.1) is 0 Å². The van der Waals surface area contributed by atoms with Gasteiger partial charge in [0, 0.05) is 10.0 Å². The van der Waals surface area contributed by atoms with Gasteiger partial charge in [-0.25, -0.2) is 4.98 Å². The average Bonchev–Trinajstić information content (AvgIpc) is 2.87. The van der Waals surface area contributed by atoms with Gasteiger partial charge in [-0.2, -0.15) is 13.2 Å². The second-order valence-electron chi connectivity index (χ2n) is 4.66. The Balaban J connectivity index is 1.85. The summed E-state index contributed by atoms with van der Waals surface area (Å²) in [6, 6.07) is 9.76. The number of aromatic nitrogens is 1. The van der Waals surface area contributed by atoms with E-state index in [0.717, 1.165) is 21.3 Å². The van der Waals surface area contributed by atoms with Crippen molar-refractivity contribution in [2.45, 2.75) is 6.18 Å². The number of amides is 1. The molecular formula is C15H8BrF3N2OS. The molecule has 0 atom stereocenters. The number of thiazole rings is 1. The summed E-state index contributed by atoms with van der Waals surface area (Å²) in [5.41, 5.74) is -0.234. The van der Waals surface area contributed by atoms with E-state index in [1.54, 1.807) is 6.07 Å². The molecule has 0 aliphatic heterocycles. The van der Waals surface area contributed by atoms with E-state index in [1.165, 1.54) is 23.5 Å². The fourth-order valence-corrected chi connectivity index (χ4v) is 3.15. The third kappa shape index (κ3) is 3.53. The molecule has 118 valence electrons. The molecule has 1 aromatic heterocycles. The summed E-state index contributed by atoms with van der Waals surface area (Å²) in [7, 11) is 0. The quantitative estimate of drug-likeness (QED) is 0.631. The van der Waals surface area contributed by atoms with Gasteiger partial charge in [0.2, 0.25) is 0 Å². The first-order chi connectivity index (χ1) is 10.8. The van der Waals surface area contributed by atoms with Gasteiger partial charge in [-0.15, -0.1) is 0 Å². The largest absolute Gasteiger partial charge is 0.416 e. The van der Waals surface area contributed by atoms with E-state index in [-0.39, 0.29) is 5.56 Å². The Bertz CT molecular complexity index is 892. The number of halogens is 4. The van der Waals surface area contributed by atoms with E-state index in [4.69, 9.17) is 0 Å². The van der Waals surface area contributed by atoms with Crippen LogP contribution >= 0.6 is 27.3 Å². The van der Waals surface area contributed by atoms with Crippen molar-refractivity contribution >= 4 is 48.5 Å². The van der Waals surface area contributed by atoms with Gasteiger partial charge in [-0.05, 0) is 36.4 Å². The molecule has 0 saturated carbocycles. The first-order valence-electron chi connectivity index (χ1n) is 6.37. The first-order valence-corrected chi connectivity index (χ1v) is 7.98. The Morgan fingerprint density at radius 3 is 2.70 bits per heavy atom. The molecule has 0 bridgehead atoms. The highest BCUT2D eigenvalue weighted by atomic mass is 79.9. The molecule has 0 saturated heterocycles. The zero-order valence-electron chi connectivity index (χ0n) is 11.3. The molecule has 0 radical (unpaired) electrons. The second-order valence-corrected chi connectivity index (χ2v) is 6.61. The second kappa shape index (κ2) is 5.93. The Labute approximate surface area is 141 Å². The lowest BCUT2D eigenvalue weighted by atomic mass is 10.1. The van der Waals surface area contributed by atoms with E-state index in [0.29, 0.717) is 10.6 Å². The molecule has 0 aliphatic carbocycles. The number of nitrogens with one attached hydrogen (secondary N) is 1. The maximum atomic E-state index is 12.7. The van der Waals surface area contributed by atoms with Crippen molar-refractivity contribution in [1.82, 2.24) is 4.98 Å². The van der Waals surface area contributed by atoms with Crippen molar-refractivity contribution < 1.29 is 18.0 Å². The minimum atomic E-state index is -4.49. The van der Waals surface area contributed by atoms with E-state index < -0.39 is 17.6 Å². The summed E-state index contributed by atoms with van der Waals surface area (Å²) in [4.78, 5) is 16.4. The highest BCUT2D eigenvalue weighted by Crippen LogP contribution is 2.31. The molecule has 1 amide bonds. The van der Waals surface area contributed by atoms with Crippen LogP contribution in [0.5, 0.6) is 0 Å². The van der Waals surface area contributed by atoms with Crippen molar-refractivity contribution in [3.05, 3.63) is 58.1 Å². The molecule has 8 heteroatoms. The number of carbonyl (C=O) groups excluding carboxylic acids is 1. The standard InChI is InChI=1S/C15H8BrF3N2OS/c16-10-4-5-12-11(7-10)20-14(23-12)21-13(22)8-2-1-3-9(6-8)15(17,18)19/h1-7H,(H,20,21,22). The number of hydrogen-bond acceptors (Lipinski definition) is 3. The van der Waals surface area contributed by atoms with Gasteiger partial charge in [-0.1, -0.05) is 33.3 Å². The predicted octanol–water partition coefficient (Wildman–Crippen LogP) is 5.33. The summed E-state index contributed by atoms with van der Waals surface area (Å²) in [6.07, 6.45) is -4.49. The molecular weight excluding hydrogens is 393 g/mol. The smallest absolute Gasteiger partial charge is 0.298 e. The number of anilines is 1. The summed E-state index contributed by atoms with van der Waals surface area (Å²) in [5, 5.41) is 2.87. The zero-order chi connectivity index (χ0) is 16.6. The molecule has 1 N–H and O–H groups in total. The molecule has 2 aromatic carbocycles. The van der Waals surface area contributed by atoms with Gasteiger partial charge in [0.05, 0.1) is 15.8 Å². The third-order valence-electron chi connectivity index (χ3n) is 3.02. The van der Waals surface area contributed by atoms with Crippen molar-refractivity contribution in [3.63, 3.8) is 0 Å². The van der Waals surface area contributed by atoms with Gasteiger partial charge in [0.25, 0.3) is 5.91 Å². The number of nitrogens with zero attached hydrogens (tertiary/aromatic N) is 1. The number of rotatable bonds is 2. The van der Waals surface area contributed by atoms with Gasteiger partial charge in [-0.3, -0.25) is 10.1 Å². The van der Waals surface area contributed by atoms with E-state index in [2.05, 4.69) is 26.2 Å². The third-order valence-corrected chi connectivity index (χ3v) is 4.47. The summed E-state index contributed by atoms with van der Waals surface area (Å²) >= 11 is 4.58. The highest BCUT2D eigenvalue weighted by molar-refractivity contribution is 9.10. The summed E-state index contributed by atoms with van der Waals surface area (Å²) < 4.78 is 39.8. The Hall–Kier alpha value is -1.93. The first kappa shape index (κ1) is 15.9. The van der Waals surface area contributed by atoms with Crippen LogP contribution in [0.15, 0.2) is 46.9 Å². The van der Waals surface area contributed by atoms with Crippen LogP contribution in [0.25, 0.3) is 10.2 Å². The Morgan fingerprint density at radius 1 is 1.17 bits per heavy atom. The average molecular weight is 401 g/mol. The van der Waals surface area contributed by atoms with Crippen LogP contribution < -0.4 is 5.32 Å². The van der Waals surface area contributed by atoms with Crippen molar-refractivity contribution in [2.75, 3.05) is 5.32 Å². The number of alkyl halides is 3. The van der Waals surface area contributed by atoms with E-state index in [1.807, 2.05) is 12.1 Å². The van der Waals surface area contributed by atoms with Gasteiger partial charge in [0.15, 0.2) is 5.13 Å². The lowest BCUT2D eigenvalue weighted by Gasteiger charge is -2.08. The number of benzene rings is 2. The van der Waals surface area contributed by atoms with E-state index >= 15 is 0 Å². The maximum absolute atomic E-state index is 12.7. The monoisotopic (exact) mass is 400 g/mol. The van der Waals surface area contributed by atoms with Crippen LogP contribution in [0.4, 0.5) is 18.3 Å². The summed E-state index contributed by atoms with van der Waals surface area (Å²) in [6.45, 7) is 0. The minimum absolute atomic E-state index is 0.0692. The Kier molecular flexibility index (Phi) is 4.11. The van der Waals surface area contributed by atoms with Gasteiger partial charge in [0.1, 0.15) is 0 Å². The molecule has 3 aromatic rings. The fraction of sp³-hybridized carbons (Fsp3) is 0.0667. The van der Waals surface area contributed by atoms with Crippen LogP contribution in [0.3, 0.4) is 0 Å². The van der Waals surface area contributed by atoms with Gasteiger partial charge >= 0.3 is 6.18 Å². The molecule has 23 heavy (non-hydrogen) atoms. The SMILES string of the molecule is O=C(Nc1nc2cc(Br)ccc2s1)c1cccc(C(F)(F)F)c1. The topological polar surface area (TPSA) is 42.0 Å². The number of hydrogen-bond donors (Lipinski definition) is 1. The van der Waals surface area contributed by atoms with Crippen LogP contribution in [-0.4, -0.2) is 10.9 Å². The molecule has 3 nitrogen and oxygen atoms in total. The Morgan fingerprint density at radius 2 is 1.96 bits per heavy atom. The molecule has 1 heterocycles. The fourth-order valence-electron chi connectivity index (χ4n) is 1.96. The predicted molar refractivity (Wildman–Crippen MR) is 86.7 cm³/mol. The normalized spacial score (nSPS) is 11.7. The summed E-state index contributed by atoms with van der Waals surface area (Å²) in [5.74, 6) is -0.630. The van der Waals surface area contributed by atoms with Crippen LogP contribution in [0.1, 0.15) is 15.9 Å². The molecule has 3 rings (SSSR count). The zero-order valence-corrected chi connectivity index (χ0v) is 13.7. The number of fused-ring (bicyclic) bond motifs is 1. The maximum Gasteiger partial charge on any atom is 0.416 e. The van der Waals surface area contributed by atoms with Crippen molar-refractivity contribution in [2.24, 2.45) is 0 Å². The van der Waals surface area contributed by atoms with E-state index in [9.17, 15) is 18.0 Å². The molecule has 0 aliphatic rings. The lowest BCUT2D eigenvalue weighted by Crippen LogP contribution is -2.13. The van der Waals surface area contributed by atoms with Crippen LogP contribution in [0.2, 0.25) is 0 Å². The van der Waals surface area contributed by atoms with Crippen LogP contribution in [-0.2, 0) is 6.18 Å². The van der Waals surface area contributed by atoms with Gasteiger partial charge < -0.3 is 0 Å². The van der Waals surface area contributed by atoms with Crippen molar-refractivity contribution in [3.8, 4) is 0 Å². The molecule has 0 fully saturated rings. The molecule has 0 spiro atoms. The van der Waals surface area contributed by atoms with Crippen molar-refractivity contribution in [1.29, 1.82) is 0 Å². The lowest BCUT2D eigenvalue weighted by molar-refractivity contribution is -0.137.